The summed E-state index contributed by atoms with van der Waals surface area (Å²) in [5.41, 5.74) is 2.11. The van der Waals surface area contributed by atoms with Crippen LogP contribution in [0.25, 0.3) is 22.4 Å². The minimum absolute atomic E-state index is 0.0721. The molecule has 0 aliphatic carbocycles. The highest BCUT2D eigenvalue weighted by atomic mass is 79.9. The molecule has 106 valence electrons. The van der Waals surface area contributed by atoms with Gasteiger partial charge in [0.05, 0.1) is 26.0 Å². The number of nitrogens with one attached hydrogen (secondary N) is 1. The van der Waals surface area contributed by atoms with E-state index in [1.165, 1.54) is 6.07 Å². The summed E-state index contributed by atoms with van der Waals surface area (Å²) >= 11 is 3.19. The number of nitro benzene ring substituents is 1. The molecule has 0 bridgehead atoms. The first kappa shape index (κ1) is 13.6. The molecule has 6 nitrogen and oxygen atoms in total. The fraction of sp³-hybridized carbons (Fsp3) is 0.0714. The number of nitrogens with zero attached hydrogens (tertiary/aromatic N) is 2. The summed E-state index contributed by atoms with van der Waals surface area (Å²) in [7, 11) is 0. The fourth-order valence-corrected chi connectivity index (χ4v) is 2.59. The second-order valence-electron chi connectivity index (χ2n) is 4.59. The first-order valence-corrected chi connectivity index (χ1v) is 6.90. The van der Waals surface area contributed by atoms with Gasteiger partial charge in [0.2, 0.25) is 0 Å². The third-order valence-corrected chi connectivity index (χ3v) is 4.27. The Kier molecular flexibility index (Phi) is 3.13. The number of phenols is 1. The molecule has 0 saturated carbocycles. The van der Waals surface area contributed by atoms with E-state index in [0.717, 1.165) is 11.0 Å². The van der Waals surface area contributed by atoms with E-state index in [1.54, 1.807) is 6.92 Å². The lowest BCUT2D eigenvalue weighted by atomic mass is 10.1. The molecule has 2 N–H and O–H groups in total. The average Bonchev–Trinajstić information content (AvgIpc) is 2.88. The molecule has 0 atom stereocenters. The van der Waals surface area contributed by atoms with Crippen LogP contribution >= 0.6 is 15.9 Å². The smallest absolute Gasteiger partial charge is 0.274 e. The van der Waals surface area contributed by atoms with Crippen LogP contribution < -0.4 is 0 Å². The molecular weight excluding hydrogens is 338 g/mol. The molecule has 0 aliphatic heterocycles. The minimum atomic E-state index is -0.480. The Morgan fingerprint density at radius 2 is 2.10 bits per heavy atom. The van der Waals surface area contributed by atoms with E-state index >= 15 is 0 Å². The summed E-state index contributed by atoms with van der Waals surface area (Å²) < 4.78 is 0.298. The summed E-state index contributed by atoms with van der Waals surface area (Å²) in [5, 5.41) is 21.3. The standard InChI is InChI=1S/C14H10BrN3O3/c1-7-11(18(20)21)6-8(13(19)12(7)15)14-16-9-4-2-3-5-10(9)17-14/h2-6,19H,1H3,(H,16,17). The molecule has 1 heterocycles. The molecule has 0 fully saturated rings. The Bertz CT molecular complexity index is 840. The van der Waals surface area contributed by atoms with E-state index in [0.29, 0.717) is 15.9 Å². The van der Waals surface area contributed by atoms with Crippen molar-refractivity contribution in [3.63, 3.8) is 0 Å². The van der Waals surface area contributed by atoms with Crippen LogP contribution in [0.3, 0.4) is 0 Å². The number of fused-ring (bicyclic) bond motifs is 1. The van der Waals surface area contributed by atoms with Crippen molar-refractivity contribution in [3.05, 3.63) is 50.5 Å². The van der Waals surface area contributed by atoms with Crippen molar-refractivity contribution in [2.45, 2.75) is 6.92 Å². The van der Waals surface area contributed by atoms with Crippen LogP contribution in [-0.4, -0.2) is 20.0 Å². The maximum Gasteiger partial charge on any atom is 0.274 e. The molecular formula is C14H10BrN3O3. The van der Waals surface area contributed by atoms with E-state index in [-0.39, 0.29) is 17.0 Å². The number of H-pyrrole nitrogens is 1. The number of hydrogen-bond donors (Lipinski definition) is 2. The van der Waals surface area contributed by atoms with E-state index in [9.17, 15) is 15.2 Å². The molecule has 2 aromatic carbocycles. The number of rotatable bonds is 2. The van der Waals surface area contributed by atoms with Crippen molar-refractivity contribution in [3.8, 4) is 17.1 Å². The summed E-state index contributed by atoms with van der Waals surface area (Å²) in [6.07, 6.45) is 0. The Hall–Kier alpha value is -2.41. The normalized spacial score (nSPS) is 11.0. The van der Waals surface area contributed by atoms with Gasteiger partial charge in [-0.25, -0.2) is 4.98 Å². The molecule has 3 rings (SSSR count). The van der Waals surface area contributed by atoms with Crippen LogP contribution in [0, 0.1) is 17.0 Å². The Morgan fingerprint density at radius 3 is 2.76 bits per heavy atom. The summed E-state index contributed by atoms with van der Waals surface area (Å²) in [5.74, 6) is 0.314. The van der Waals surface area contributed by atoms with E-state index in [2.05, 4.69) is 25.9 Å². The van der Waals surface area contributed by atoms with E-state index < -0.39 is 4.92 Å². The highest BCUT2D eigenvalue weighted by molar-refractivity contribution is 9.10. The lowest BCUT2D eigenvalue weighted by Crippen LogP contribution is -1.95. The van der Waals surface area contributed by atoms with Gasteiger partial charge in [-0.05, 0) is 35.0 Å². The summed E-state index contributed by atoms with van der Waals surface area (Å²) in [6.45, 7) is 1.57. The molecule has 0 unspecified atom stereocenters. The highest BCUT2D eigenvalue weighted by Crippen LogP contribution is 2.41. The summed E-state index contributed by atoms with van der Waals surface area (Å²) in [6, 6.07) is 8.70. The molecule has 0 aliphatic rings. The number of halogens is 1. The van der Waals surface area contributed by atoms with Crippen LogP contribution in [0.1, 0.15) is 5.56 Å². The lowest BCUT2D eigenvalue weighted by molar-refractivity contribution is -0.385. The molecule has 0 radical (unpaired) electrons. The highest BCUT2D eigenvalue weighted by Gasteiger charge is 2.22. The number of aromatic hydroxyl groups is 1. The van der Waals surface area contributed by atoms with Gasteiger partial charge in [-0.2, -0.15) is 0 Å². The van der Waals surface area contributed by atoms with Crippen molar-refractivity contribution in [2.24, 2.45) is 0 Å². The Balaban J connectivity index is 2.28. The van der Waals surface area contributed by atoms with Crippen LogP contribution in [0.15, 0.2) is 34.8 Å². The van der Waals surface area contributed by atoms with Crippen molar-refractivity contribution < 1.29 is 10.0 Å². The predicted octanol–water partition coefficient (Wildman–Crippen LogP) is 3.91. The zero-order valence-electron chi connectivity index (χ0n) is 10.9. The number of imidazole rings is 1. The number of hydrogen-bond acceptors (Lipinski definition) is 4. The van der Waals surface area contributed by atoms with Gasteiger partial charge >= 0.3 is 0 Å². The molecule has 0 spiro atoms. The van der Waals surface area contributed by atoms with Crippen LogP contribution in [0.4, 0.5) is 5.69 Å². The van der Waals surface area contributed by atoms with Gasteiger partial charge in [0.1, 0.15) is 11.6 Å². The molecule has 0 saturated heterocycles. The van der Waals surface area contributed by atoms with Gasteiger partial charge in [0.15, 0.2) is 0 Å². The van der Waals surface area contributed by atoms with Crippen molar-refractivity contribution in [1.82, 2.24) is 9.97 Å². The molecule has 21 heavy (non-hydrogen) atoms. The average molecular weight is 348 g/mol. The number of benzene rings is 2. The maximum atomic E-state index is 11.1. The topological polar surface area (TPSA) is 92.0 Å². The largest absolute Gasteiger partial charge is 0.506 e. The van der Waals surface area contributed by atoms with Gasteiger partial charge < -0.3 is 10.1 Å². The van der Waals surface area contributed by atoms with Crippen molar-refractivity contribution >= 4 is 32.7 Å². The predicted molar refractivity (Wildman–Crippen MR) is 82.3 cm³/mol. The van der Waals surface area contributed by atoms with Crippen LogP contribution in [0.5, 0.6) is 5.75 Å². The number of aromatic nitrogens is 2. The van der Waals surface area contributed by atoms with Gasteiger partial charge in [-0.3, -0.25) is 10.1 Å². The van der Waals surface area contributed by atoms with Gasteiger partial charge in [0.25, 0.3) is 5.69 Å². The van der Waals surface area contributed by atoms with Crippen LogP contribution in [-0.2, 0) is 0 Å². The Labute approximate surface area is 127 Å². The first-order chi connectivity index (χ1) is 9.99. The molecule has 0 amide bonds. The van der Waals surface area contributed by atoms with Crippen molar-refractivity contribution in [1.29, 1.82) is 0 Å². The SMILES string of the molecule is Cc1c([N+](=O)[O-])cc(-c2nc3ccccc3[nH]2)c(O)c1Br. The summed E-state index contributed by atoms with van der Waals surface area (Å²) in [4.78, 5) is 18.0. The third kappa shape index (κ3) is 2.15. The quantitative estimate of drug-likeness (QED) is 0.542. The monoisotopic (exact) mass is 347 g/mol. The minimum Gasteiger partial charge on any atom is -0.506 e. The number of phenolic OH excluding ortho intramolecular Hbond substituents is 1. The third-order valence-electron chi connectivity index (χ3n) is 3.30. The molecule has 1 aromatic heterocycles. The number of nitro groups is 1. The van der Waals surface area contributed by atoms with E-state index in [1.807, 2.05) is 24.3 Å². The van der Waals surface area contributed by atoms with Gasteiger partial charge in [0, 0.05) is 11.6 Å². The van der Waals surface area contributed by atoms with E-state index in [4.69, 9.17) is 0 Å². The number of para-hydroxylation sites is 2. The zero-order chi connectivity index (χ0) is 15.1. The number of aromatic amines is 1. The maximum absolute atomic E-state index is 11.1. The van der Waals surface area contributed by atoms with Gasteiger partial charge in [-0.15, -0.1) is 0 Å². The van der Waals surface area contributed by atoms with Crippen molar-refractivity contribution in [2.75, 3.05) is 0 Å². The molecule has 3 aromatic rings. The second-order valence-corrected chi connectivity index (χ2v) is 5.38. The van der Waals surface area contributed by atoms with Crippen LogP contribution in [0.2, 0.25) is 0 Å². The second kappa shape index (κ2) is 4.85. The lowest BCUT2D eigenvalue weighted by Gasteiger charge is -2.07. The fourth-order valence-electron chi connectivity index (χ4n) is 2.17. The zero-order valence-corrected chi connectivity index (χ0v) is 12.5. The molecule has 7 heteroatoms. The Morgan fingerprint density at radius 1 is 1.38 bits per heavy atom. The first-order valence-electron chi connectivity index (χ1n) is 6.10. The van der Waals surface area contributed by atoms with Gasteiger partial charge in [-0.1, -0.05) is 12.1 Å².